The minimum atomic E-state index is -3.63. The highest BCUT2D eigenvalue weighted by Crippen LogP contribution is 2.30. The Balaban J connectivity index is 1.89. The molecule has 0 unspecified atom stereocenters. The van der Waals surface area contributed by atoms with Crippen LogP contribution in [0.2, 0.25) is 0 Å². The maximum Gasteiger partial charge on any atom is 0.335 e. The van der Waals surface area contributed by atoms with Crippen LogP contribution in [0.25, 0.3) is 0 Å². The molecule has 23 heavy (non-hydrogen) atoms. The van der Waals surface area contributed by atoms with E-state index in [0.29, 0.717) is 5.75 Å². The molecule has 1 heterocycles. The number of hydrogen-bond donors (Lipinski definition) is 1. The Bertz CT molecular complexity index is 859. The van der Waals surface area contributed by atoms with Crippen LogP contribution < -0.4 is 4.74 Å². The monoisotopic (exact) mass is 333 g/mol. The van der Waals surface area contributed by atoms with Gasteiger partial charge in [0.15, 0.2) is 0 Å². The molecule has 0 aromatic heterocycles. The predicted molar refractivity (Wildman–Crippen MR) is 82.8 cm³/mol. The summed E-state index contributed by atoms with van der Waals surface area (Å²) in [7, 11) is -2.12. The summed E-state index contributed by atoms with van der Waals surface area (Å²) >= 11 is 0. The van der Waals surface area contributed by atoms with Gasteiger partial charge in [0.2, 0.25) is 10.0 Å². The molecule has 0 fully saturated rings. The third kappa shape index (κ3) is 2.80. The lowest BCUT2D eigenvalue weighted by Crippen LogP contribution is -2.25. The van der Waals surface area contributed by atoms with E-state index in [-0.39, 0.29) is 23.5 Å². The topological polar surface area (TPSA) is 83.9 Å². The van der Waals surface area contributed by atoms with Crippen molar-refractivity contribution in [1.29, 1.82) is 0 Å². The molecule has 7 heteroatoms. The van der Waals surface area contributed by atoms with Gasteiger partial charge < -0.3 is 9.84 Å². The molecule has 6 nitrogen and oxygen atoms in total. The quantitative estimate of drug-likeness (QED) is 0.926. The van der Waals surface area contributed by atoms with Crippen molar-refractivity contribution >= 4 is 16.0 Å². The zero-order valence-electron chi connectivity index (χ0n) is 12.4. The Kier molecular flexibility index (Phi) is 3.83. The van der Waals surface area contributed by atoms with Crippen molar-refractivity contribution in [1.82, 2.24) is 4.31 Å². The zero-order chi connectivity index (χ0) is 16.6. The summed E-state index contributed by atoms with van der Waals surface area (Å²) < 4.78 is 31.7. The molecule has 0 saturated heterocycles. The Hall–Kier alpha value is -2.38. The minimum absolute atomic E-state index is 0.160. The number of sulfonamides is 1. The first kappa shape index (κ1) is 15.5. The second-order valence-corrected chi connectivity index (χ2v) is 7.18. The van der Waals surface area contributed by atoms with E-state index in [9.17, 15) is 13.2 Å². The van der Waals surface area contributed by atoms with Gasteiger partial charge in [-0.1, -0.05) is 6.07 Å². The molecule has 0 atom stereocenters. The normalized spacial score (nSPS) is 14.5. The van der Waals surface area contributed by atoms with E-state index >= 15 is 0 Å². The van der Waals surface area contributed by atoms with Gasteiger partial charge in [0.1, 0.15) is 5.75 Å². The van der Waals surface area contributed by atoms with E-state index in [1.165, 1.54) is 35.7 Å². The first-order chi connectivity index (χ1) is 10.9. The van der Waals surface area contributed by atoms with Gasteiger partial charge in [-0.05, 0) is 47.5 Å². The van der Waals surface area contributed by atoms with Gasteiger partial charge in [-0.3, -0.25) is 0 Å². The van der Waals surface area contributed by atoms with Crippen molar-refractivity contribution in [3.8, 4) is 5.75 Å². The first-order valence-electron chi connectivity index (χ1n) is 6.91. The van der Waals surface area contributed by atoms with Crippen molar-refractivity contribution in [3.63, 3.8) is 0 Å². The molecule has 120 valence electrons. The maximum atomic E-state index is 12.7. The predicted octanol–water partition coefficient (Wildman–Crippen LogP) is 2.10. The molecule has 1 aliphatic rings. The third-order valence-corrected chi connectivity index (χ3v) is 5.65. The Morgan fingerprint density at radius 2 is 1.74 bits per heavy atom. The largest absolute Gasteiger partial charge is 0.497 e. The summed E-state index contributed by atoms with van der Waals surface area (Å²) in [4.78, 5) is 11.2. The number of nitrogens with zero attached hydrogens (tertiary/aromatic N) is 1. The number of fused-ring (bicyclic) bond motifs is 1. The van der Waals surface area contributed by atoms with Gasteiger partial charge in [0, 0.05) is 13.1 Å². The van der Waals surface area contributed by atoms with Crippen LogP contribution in [0, 0.1) is 0 Å². The van der Waals surface area contributed by atoms with Crippen molar-refractivity contribution in [2.24, 2.45) is 0 Å². The molecular weight excluding hydrogens is 318 g/mol. The molecule has 2 aromatic rings. The van der Waals surface area contributed by atoms with Crippen LogP contribution in [-0.2, 0) is 23.1 Å². The van der Waals surface area contributed by atoms with Gasteiger partial charge in [0.25, 0.3) is 0 Å². The van der Waals surface area contributed by atoms with Gasteiger partial charge >= 0.3 is 5.97 Å². The van der Waals surface area contributed by atoms with Gasteiger partial charge in [-0.25, -0.2) is 13.2 Å². The Labute approximate surface area is 134 Å². The van der Waals surface area contributed by atoms with E-state index in [1.54, 1.807) is 18.2 Å². The SMILES string of the molecule is COc1ccc(S(=O)(=O)N2Cc3ccc(C(=O)O)cc3C2)cc1. The van der Waals surface area contributed by atoms with E-state index in [4.69, 9.17) is 9.84 Å². The van der Waals surface area contributed by atoms with Crippen LogP contribution in [0.5, 0.6) is 5.75 Å². The molecule has 3 rings (SSSR count). The molecule has 0 radical (unpaired) electrons. The zero-order valence-corrected chi connectivity index (χ0v) is 13.2. The van der Waals surface area contributed by atoms with E-state index in [2.05, 4.69) is 0 Å². The Morgan fingerprint density at radius 3 is 2.35 bits per heavy atom. The Morgan fingerprint density at radius 1 is 1.09 bits per heavy atom. The van der Waals surface area contributed by atoms with E-state index in [0.717, 1.165) is 11.1 Å². The summed E-state index contributed by atoms with van der Waals surface area (Å²) in [6.07, 6.45) is 0. The second-order valence-electron chi connectivity index (χ2n) is 5.24. The van der Waals surface area contributed by atoms with Gasteiger partial charge in [-0.15, -0.1) is 0 Å². The number of carboxylic acid groups (broad SMARTS) is 1. The molecule has 0 amide bonds. The van der Waals surface area contributed by atoms with E-state index < -0.39 is 16.0 Å². The fourth-order valence-corrected chi connectivity index (χ4v) is 3.96. The lowest BCUT2D eigenvalue weighted by Gasteiger charge is -2.15. The van der Waals surface area contributed by atoms with Crippen LogP contribution in [0.4, 0.5) is 0 Å². The lowest BCUT2D eigenvalue weighted by atomic mass is 10.1. The molecule has 1 N–H and O–H groups in total. The number of carboxylic acids is 1. The molecule has 1 aliphatic heterocycles. The fraction of sp³-hybridized carbons (Fsp3) is 0.188. The van der Waals surface area contributed by atoms with Gasteiger partial charge in [0.05, 0.1) is 17.6 Å². The van der Waals surface area contributed by atoms with Crippen LogP contribution in [-0.4, -0.2) is 30.9 Å². The molecule has 0 aliphatic carbocycles. The average molecular weight is 333 g/mol. The van der Waals surface area contributed by atoms with Crippen LogP contribution >= 0.6 is 0 Å². The van der Waals surface area contributed by atoms with Gasteiger partial charge in [-0.2, -0.15) is 4.31 Å². The first-order valence-corrected chi connectivity index (χ1v) is 8.35. The highest BCUT2D eigenvalue weighted by Gasteiger charge is 2.31. The summed E-state index contributed by atoms with van der Waals surface area (Å²) in [5.74, 6) is -0.441. The van der Waals surface area contributed by atoms with Crippen LogP contribution in [0.15, 0.2) is 47.4 Å². The number of methoxy groups -OCH3 is 1. The number of hydrogen-bond acceptors (Lipinski definition) is 4. The number of benzene rings is 2. The summed E-state index contributed by atoms with van der Waals surface area (Å²) in [6, 6.07) is 10.9. The van der Waals surface area contributed by atoms with Crippen LogP contribution in [0.3, 0.4) is 0 Å². The molecule has 0 bridgehead atoms. The molecular formula is C16H15NO5S. The summed E-state index contributed by atoms with van der Waals surface area (Å²) in [5.41, 5.74) is 1.71. The average Bonchev–Trinajstić information content (AvgIpc) is 2.98. The number of carbonyl (C=O) groups is 1. The number of rotatable bonds is 4. The lowest BCUT2D eigenvalue weighted by molar-refractivity contribution is 0.0696. The van der Waals surface area contributed by atoms with Crippen molar-refractivity contribution in [2.45, 2.75) is 18.0 Å². The molecule has 2 aromatic carbocycles. The van der Waals surface area contributed by atoms with Crippen molar-refractivity contribution in [2.75, 3.05) is 7.11 Å². The highest BCUT2D eigenvalue weighted by molar-refractivity contribution is 7.89. The number of ether oxygens (including phenoxy) is 1. The third-order valence-electron chi connectivity index (χ3n) is 3.84. The van der Waals surface area contributed by atoms with E-state index in [1.807, 2.05) is 0 Å². The summed E-state index contributed by atoms with van der Waals surface area (Å²) in [5, 5.41) is 9.03. The second kappa shape index (κ2) is 5.68. The van der Waals surface area contributed by atoms with Crippen molar-refractivity contribution in [3.05, 3.63) is 59.2 Å². The smallest absolute Gasteiger partial charge is 0.335 e. The fourth-order valence-electron chi connectivity index (χ4n) is 2.56. The van der Waals surface area contributed by atoms with Crippen LogP contribution in [0.1, 0.15) is 21.5 Å². The standard InChI is InChI=1S/C16H15NO5S/c1-22-14-4-6-15(7-5-14)23(20,21)17-9-12-3-2-11(16(18)19)8-13(12)10-17/h2-8H,9-10H2,1H3,(H,18,19). The maximum absolute atomic E-state index is 12.7. The molecule has 0 saturated carbocycles. The number of aromatic carboxylic acids is 1. The highest BCUT2D eigenvalue weighted by atomic mass is 32.2. The van der Waals surface area contributed by atoms with Crippen molar-refractivity contribution < 1.29 is 23.1 Å². The minimum Gasteiger partial charge on any atom is -0.497 e. The molecule has 0 spiro atoms. The summed E-state index contributed by atoms with van der Waals surface area (Å²) in [6.45, 7) is 0.411.